The summed E-state index contributed by atoms with van der Waals surface area (Å²) in [7, 11) is 0. The Kier molecular flexibility index (Phi) is 10.3. The SMILES string of the molecule is CC(C)CCCCCCC1CCC2C3CCC4CCCCC4(C)C3CCC12C.CCC(C)C. The maximum Gasteiger partial charge on any atom is -0.0266 e. The lowest BCUT2D eigenvalue weighted by molar-refractivity contribution is -0.111. The Morgan fingerprint density at radius 3 is 2.06 bits per heavy atom. The highest BCUT2D eigenvalue weighted by atomic mass is 14.6. The van der Waals surface area contributed by atoms with E-state index in [1.54, 1.807) is 57.8 Å². The molecule has 4 aliphatic carbocycles. The van der Waals surface area contributed by atoms with E-state index in [4.69, 9.17) is 0 Å². The average molecular weight is 459 g/mol. The number of fused-ring (bicyclic) bond motifs is 5. The van der Waals surface area contributed by atoms with Gasteiger partial charge in [0.15, 0.2) is 0 Å². The summed E-state index contributed by atoms with van der Waals surface area (Å²) < 4.78 is 0. The zero-order chi connectivity index (χ0) is 24.1. The predicted octanol–water partition coefficient (Wildman–Crippen LogP) is 11.1. The van der Waals surface area contributed by atoms with Crippen molar-refractivity contribution in [2.45, 2.75) is 158 Å². The molecule has 0 spiro atoms. The Hall–Kier alpha value is 0. The molecular formula is C33H62. The van der Waals surface area contributed by atoms with Crippen LogP contribution in [0.5, 0.6) is 0 Å². The van der Waals surface area contributed by atoms with Gasteiger partial charge in [0.1, 0.15) is 0 Å². The molecule has 7 atom stereocenters. The van der Waals surface area contributed by atoms with Crippen LogP contribution in [0.15, 0.2) is 0 Å². The van der Waals surface area contributed by atoms with E-state index in [2.05, 4.69) is 48.5 Å². The molecule has 7 unspecified atom stereocenters. The third kappa shape index (κ3) is 6.42. The maximum atomic E-state index is 2.75. The molecule has 4 aliphatic rings. The van der Waals surface area contributed by atoms with Gasteiger partial charge in [-0.15, -0.1) is 0 Å². The monoisotopic (exact) mass is 458 g/mol. The van der Waals surface area contributed by atoms with E-state index in [0.29, 0.717) is 5.41 Å². The Bertz CT molecular complexity index is 560. The van der Waals surface area contributed by atoms with Crippen molar-refractivity contribution in [3.8, 4) is 0 Å². The molecule has 0 heterocycles. The summed E-state index contributed by atoms with van der Waals surface area (Å²) >= 11 is 0. The fourth-order valence-electron chi connectivity index (χ4n) is 9.18. The van der Waals surface area contributed by atoms with Gasteiger partial charge in [-0.2, -0.15) is 0 Å². The molecule has 4 fully saturated rings. The van der Waals surface area contributed by atoms with Crippen LogP contribution in [-0.2, 0) is 0 Å². The van der Waals surface area contributed by atoms with Gasteiger partial charge >= 0.3 is 0 Å². The highest BCUT2D eigenvalue weighted by Gasteiger charge is 2.59. The normalized spacial score (nSPS) is 40.1. The van der Waals surface area contributed by atoms with E-state index in [-0.39, 0.29) is 0 Å². The van der Waals surface area contributed by atoms with Gasteiger partial charge in [-0.05, 0) is 110 Å². The second kappa shape index (κ2) is 12.3. The Morgan fingerprint density at radius 2 is 1.36 bits per heavy atom. The third-order valence-electron chi connectivity index (χ3n) is 11.7. The van der Waals surface area contributed by atoms with Crippen LogP contribution >= 0.6 is 0 Å². The minimum atomic E-state index is 0.705. The van der Waals surface area contributed by atoms with Crippen LogP contribution in [0.4, 0.5) is 0 Å². The molecule has 4 saturated carbocycles. The molecule has 0 saturated heterocycles. The van der Waals surface area contributed by atoms with Gasteiger partial charge in [0.25, 0.3) is 0 Å². The number of rotatable bonds is 8. The smallest absolute Gasteiger partial charge is 0.0266 e. The van der Waals surface area contributed by atoms with Crippen LogP contribution in [-0.4, -0.2) is 0 Å². The molecule has 194 valence electrons. The highest BCUT2D eigenvalue weighted by molar-refractivity contribution is 5.08. The van der Waals surface area contributed by atoms with Crippen molar-refractivity contribution < 1.29 is 0 Å². The Labute approximate surface area is 209 Å². The van der Waals surface area contributed by atoms with Gasteiger partial charge in [-0.3, -0.25) is 0 Å². The number of hydrogen-bond donors (Lipinski definition) is 0. The summed E-state index contributed by atoms with van der Waals surface area (Å²) in [5.41, 5.74) is 1.42. The second-order valence-electron chi connectivity index (χ2n) is 14.4. The van der Waals surface area contributed by atoms with Crippen molar-refractivity contribution in [1.29, 1.82) is 0 Å². The molecule has 0 aliphatic heterocycles. The molecule has 0 aromatic carbocycles. The standard InChI is InChI=1S/C28H50.C5H12/c1-21(2)11-7-5-6-8-12-23-15-17-25-24-16-14-22-13-9-10-19-27(22,3)26(24)18-20-28(23,25)4;1-4-5(2)3/h21-26H,5-20H2,1-4H3;5H,4H2,1-3H3. The van der Waals surface area contributed by atoms with Crippen molar-refractivity contribution in [3.05, 3.63) is 0 Å². The van der Waals surface area contributed by atoms with E-state index in [0.717, 1.165) is 46.8 Å². The van der Waals surface area contributed by atoms with E-state index in [9.17, 15) is 0 Å². The first-order valence-corrected chi connectivity index (χ1v) is 15.7. The Balaban J connectivity index is 0.000000555. The fraction of sp³-hybridized carbons (Fsp3) is 1.00. The largest absolute Gasteiger partial charge is 0.0651 e. The van der Waals surface area contributed by atoms with Crippen LogP contribution in [0, 0.1) is 52.3 Å². The van der Waals surface area contributed by atoms with Crippen LogP contribution in [0.25, 0.3) is 0 Å². The first kappa shape index (κ1) is 27.6. The fourth-order valence-corrected chi connectivity index (χ4v) is 9.18. The molecule has 33 heavy (non-hydrogen) atoms. The molecule has 0 radical (unpaired) electrons. The van der Waals surface area contributed by atoms with Crippen LogP contribution in [0.3, 0.4) is 0 Å². The van der Waals surface area contributed by atoms with Gasteiger partial charge in [0.05, 0.1) is 0 Å². The van der Waals surface area contributed by atoms with E-state index >= 15 is 0 Å². The molecule has 0 bridgehead atoms. The van der Waals surface area contributed by atoms with Crippen LogP contribution < -0.4 is 0 Å². The van der Waals surface area contributed by atoms with Crippen molar-refractivity contribution in [2.24, 2.45) is 52.3 Å². The van der Waals surface area contributed by atoms with Crippen LogP contribution in [0.2, 0.25) is 0 Å². The van der Waals surface area contributed by atoms with Crippen molar-refractivity contribution in [1.82, 2.24) is 0 Å². The lowest BCUT2D eigenvalue weighted by Gasteiger charge is -2.60. The van der Waals surface area contributed by atoms with Gasteiger partial charge < -0.3 is 0 Å². The van der Waals surface area contributed by atoms with E-state index < -0.39 is 0 Å². The summed E-state index contributed by atoms with van der Waals surface area (Å²) in [6.45, 7) is 16.9. The zero-order valence-corrected chi connectivity index (χ0v) is 24.1. The number of unbranched alkanes of at least 4 members (excludes halogenated alkanes) is 3. The minimum absolute atomic E-state index is 0.705. The highest BCUT2D eigenvalue weighted by Crippen LogP contribution is 2.67. The summed E-state index contributed by atoms with van der Waals surface area (Å²) in [4.78, 5) is 0. The quantitative estimate of drug-likeness (QED) is 0.317. The molecule has 4 rings (SSSR count). The lowest BCUT2D eigenvalue weighted by atomic mass is 9.45. The molecule has 0 amide bonds. The van der Waals surface area contributed by atoms with Crippen molar-refractivity contribution in [2.75, 3.05) is 0 Å². The van der Waals surface area contributed by atoms with Gasteiger partial charge in [0.2, 0.25) is 0 Å². The van der Waals surface area contributed by atoms with Gasteiger partial charge in [-0.25, -0.2) is 0 Å². The molecule has 0 aromatic heterocycles. The van der Waals surface area contributed by atoms with Crippen molar-refractivity contribution in [3.63, 3.8) is 0 Å². The molecular weight excluding hydrogens is 396 g/mol. The van der Waals surface area contributed by atoms with Gasteiger partial charge in [-0.1, -0.05) is 99.8 Å². The first-order valence-electron chi connectivity index (χ1n) is 15.7. The second-order valence-corrected chi connectivity index (χ2v) is 14.4. The summed E-state index contributed by atoms with van der Waals surface area (Å²) in [6.07, 6.45) is 25.9. The topological polar surface area (TPSA) is 0 Å². The number of hydrogen-bond acceptors (Lipinski definition) is 0. The first-order chi connectivity index (χ1) is 15.7. The summed E-state index contributed by atoms with van der Waals surface area (Å²) in [5, 5.41) is 0. The predicted molar refractivity (Wildman–Crippen MR) is 148 cm³/mol. The molecule has 0 nitrogen and oxygen atoms in total. The summed E-state index contributed by atoms with van der Waals surface area (Å²) in [5.74, 6) is 7.17. The summed E-state index contributed by atoms with van der Waals surface area (Å²) in [6, 6.07) is 0. The maximum absolute atomic E-state index is 2.75. The van der Waals surface area contributed by atoms with Crippen LogP contribution in [0.1, 0.15) is 158 Å². The lowest BCUT2D eigenvalue weighted by Crippen LogP contribution is -2.52. The molecule has 0 aromatic rings. The van der Waals surface area contributed by atoms with Crippen molar-refractivity contribution >= 4 is 0 Å². The molecule has 0 heteroatoms. The molecule has 0 N–H and O–H groups in total. The third-order valence-corrected chi connectivity index (χ3v) is 11.7. The van der Waals surface area contributed by atoms with E-state index in [1.807, 2.05) is 0 Å². The van der Waals surface area contributed by atoms with E-state index in [1.165, 1.54) is 51.4 Å². The average Bonchev–Trinajstić information content (AvgIpc) is 3.12. The minimum Gasteiger partial charge on any atom is -0.0651 e. The Morgan fingerprint density at radius 1 is 0.667 bits per heavy atom. The van der Waals surface area contributed by atoms with Gasteiger partial charge in [0, 0.05) is 0 Å². The zero-order valence-electron chi connectivity index (χ0n) is 24.1.